The maximum Gasteiger partial charge on any atom is 0.410 e. The molecule has 1 aliphatic heterocycles. The summed E-state index contributed by atoms with van der Waals surface area (Å²) in [4.78, 5) is 39.6. The summed E-state index contributed by atoms with van der Waals surface area (Å²) in [6.45, 7) is 7.18. The first kappa shape index (κ1) is 29.5. The minimum absolute atomic E-state index is 0.116. The Morgan fingerprint density at radius 3 is 2.59 bits per heavy atom. The van der Waals surface area contributed by atoms with Crippen molar-refractivity contribution in [2.75, 3.05) is 45.5 Å². The molecule has 232 valence electrons. The summed E-state index contributed by atoms with van der Waals surface area (Å²) < 4.78 is 33.5. The van der Waals surface area contributed by atoms with Gasteiger partial charge in [-0.25, -0.2) is 19.2 Å². The molecular weight excluding hydrogens is 569 g/mol. The van der Waals surface area contributed by atoms with Crippen molar-refractivity contribution in [3.8, 4) is 17.1 Å². The molecule has 2 amide bonds. The lowest BCUT2D eigenvalue weighted by atomic mass is 10.1. The topological polar surface area (TPSA) is 124 Å². The van der Waals surface area contributed by atoms with Gasteiger partial charge in [0.2, 0.25) is 0 Å². The lowest BCUT2D eigenvalue weighted by Gasteiger charge is -2.43. The minimum Gasteiger partial charge on any atom is -0.464 e. The Bertz CT molecular complexity index is 1780. The fraction of sp³-hybridized carbons (Fsp3) is 0.452. The van der Waals surface area contributed by atoms with Crippen molar-refractivity contribution < 1.29 is 28.2 Å². The van der Waals surface area contributed by atoms with Crippen molar-refractivity contribution in [1.29, 1.82) is 0 Å². The van der Waals surface area contributed by atoms with Crippen LogP contribution in [0.5, 0.6) is 5.75 Å². The second-order valence-corrected chi connectivity index (χ2v) is 12.3. The maximum absolute atomic E-state index is 15.6. The Balaban J connectivity index is 1.39. The molecule has 1 spiro atoms. The van der Waals surface area contributed by atoms with Crippen molar-refractivity contribution in [2.24, 2.45) is 7.05 Å². The van der Waals surface area contributed by atoms with Crippen LogP contribution in [0.3, 0.4) is 0 Å². The number of methoxy groups -OCH3 is 1. The third-order valence-electron chi connectivity index (χ3n) is 7.95. The van der Waals surface area contributed by atoms with E-state index < -0.39 is 17.3 Å². The third kappa shape index (κ3) is 5.36. The van der Waals surface area contributed by atoms with Crippen LogP contribution in [0, 0.1) is 5.82 Å². The average molecular weight is 606 g/mol. The quantitative estimate of drug-likeness (QED) is 0.321. The monoisotopic (exact) mass is 605 g/mol. The van der Waals surface area contributed by atoms with Crippen LogP contribution in [0.15, 0.2) is 30.5 Å². The number of aryl methyl sites for hydroxylation is 1. The Kier molecular flexibility index (Phi) is 7.31. The number of nitrogens with one attached hydrogen (secondary N) is 1. The molecule has 44 heavy (non-hydrogen) atoms. The molecule has 4 aromatic rings. The number of piperazine rings is 1. The van der Waals surface area contributed by atoms with Crippen LogP contribution in [0.25, 0.3) is 33.2 Å². The number of halogens is 1. The van der Waals surface area contributed by atoms with Crippen LogP contribution in [-0.2, 0) is 16.5 Å². The number of rotatable bonds is 6. The van der Waals surface area contributed by atoms with Crippen molar-refractivity contribution in [1.82, 2.24) is 30.0 Å². The number of hydrogen-bond donors (Lipinski definition) is 1. The Hall–Kier alpha value is -4.52. The summed E-state index contributed by atoms with van der Waals surface area (Å²) in [5, 5.41) is 7.95. The summed E-state index contributed by atoms with van der Waals surface area (Å²) in [6.07, 6.45) is 3.20. The number of nitrogens with zero attached hydrogens (tertiary/aromatic N) is 6. The highest BCUT2D eigenvalue weighted by molar-refractivity contribution is 6.06. The second kappa shape index (κ2) is 10.9. The first-order valence-electron chi connectivity index (χ1n) is 14.5. The van der Waals surface area contributed by atoms with Crippen LogP contribution in [0.4, 0.5) is 14.9 Å². The number of amides is 2. The van der Waals surface area contributed by atoms with Gasteiger partial charge in [0.15, 0.2) is 24.2 Å². The van der Waals surface area contributed by atoms with Crippen LogP contribution >= 0.6 is 0 Å². The van der Waals surface area contributed by atoms with Crippen molar-refractivity contribution in [3.63, 3.8) is 0 Å². The van der Waals surface area contributed by atoms with Gasteiger partial charge in [-0.2, -0.15) is 5.10 Å². The molecule has 13 heteroatoms. The predicted octanol–water partition coefficient (Wildman–Crippen LogP) is 4.25. The number of fused-ring (bicyclic) bond motifs is 2. The lowest BCUT2D eigenvalue weighted by molar-refractivity contribution is 0.0106. The van der Waals surface area contributed by atoms with Crippen molar-refractivity contribution in [3.05, 3.63) is 42.0 Å². The highest BCUT2D eigenvalue weighted by Gasteiger charge is 2.54. The van der Waals surface area contributed by atoms with E-state index in [0.29, 0.717) is 35.9 Å². The number of anilines is 1. The highest BCUT2D eigenvalue weighted by Crippen LogP contribution is 2.46. The molecule has 3 heterocycles. The molecule has 2 aromatic heterocycles. The van der Waals surface area contributed by atoms with Gasteiger partial charge in [0, 0.05) is 63.5 Å². The van der Waals surface area contributed by atoms with E-state index in [9.17, 15) is 9.59 Å². The van der Waals surface area contributed by atoms with Gasteiger partial charge in [0.05, 0.1) is 16.6 Å². The summed E-state index contributed by atoms with van der Waals surface area (Å²) in [5.74, 6) is -1.07. The number of aromatic nitrogens is 4. The first-order chi connectivity index (χ1) is 20.9. The third-order valence-corrected chi connectivity index (χ3v) is 7.95. The standard InChI is InChI=1S/C31H36FN7O5/c1-30(2,3)44-29(41)39-12-11-38(16-31(39)9-10-31)19-7-8-22-20(14-19)25(28(40)33-4)35-27(34-22)21-13-18-15-37(5)36-24(18)23(32)26(21)43-17-42-6/h7-8,13-15H,9-12,16-17H2,1-6H3,(H,33,40). The number of carbonyl (C=O) groups is 2. The van der Waals surface area contributed by atoms with Gasteiger partial charge >= 0.3 is 6.09 Å². The Morgan fingerprint density at radius 2 is 1.91 bits per heavy atom. The van der Waals surface area contributed by atoms with Gasteiger partial charge < -0.3 is 24.4 Å². The minimum atomic E-state index is -0.671. The Morgan fingerprint density at radius 1 is 1.14 bits per heavy atom. The van der Waals surface area contributed by atoms with Gasteiger partial charge in [-0.05, 0) is 57.9 Å². The molecule has 0 radical (unpaired) electrons. The second-order valence-electron chi connectivity index (χ2n) is 12.3. The van der Waals surface area contributed by atoms with Gasteiger partial charge in [0.25, 0.3) is 5.91 Å². The Labute approximate surface area is 254 Å². The molecule has 1 aliphatic carbocycles. The van der Waals surface area contributed by atoms with Gasteiger partial charge in [-0.3, -0.25) is 14.4 Å². The molecule has 12 nitrogen and oxygen atoms in total. The van der Waals surface area contributed by atoms with Crippen LogP contribution in [0.1, 0.15) is 44.1 Å². The average Bonchev–Trinajstić information content (AvgIpc) is 3.63. The van der Waals surface area contributed by atoms with E-state index in [4.69, 9.17) is 19.2 Å². The molecule has 1 N–H and O–H groups in total. The molecule has 2 aliphatic rings. The molecule has 2 fully saturated rings. The van der Waals surface area contributed by atoms with Crippen LogP contribution in [-0.4, -0.2) is 88.4 Å². The summed E-state index contributed by atoms with van der Waals surface area (Å²) >= 11 is 0. The molecule has 0 unspecified atom stereocenters. The number of benzene rings is 2. The zero-order chi connectivity index (χ0) is 31.4. The predicted molar refractivity (Wildman–Crippen MR) is 162 cm³/mol. The van der Waals surface area contributed by atoms with Gasteiger partial charge in [-0.1, -0.05) is 0 Å². The largest absolute Gasteiger partial charge is 0.464 e. The van der Waals surface area contributed by atoms with Crippen LogP contribution < -0.4 is 15.0 Å². The fourth-order valence-corrected chi connectivity index (χ4v) is 5.75. The van der Waals surface area contributed by atoms with E-state index in [-0.39, 0.29) is 46.8 Å². The van der Waals surface area contributed by atoms with E-state index in [0.717, 1.165) is 18.5 Å². The molecule has 0 bridgehead atoms. The van der Waals surface area contributed by atoms with Gasteiger partial charge in [0.1, 0.15) is 16.8 Å². The smallest absolute Gasteiger partial charge is 0.410 e. The van der Waals surface area contributed by atoms with Crippen molar-refractivity contribution >= 4 is 39.5 Å². The zero-order valence-corrected chi connectivity index (χ0v) is 25.7. The SMILES string of the molecule is CNC(=O)c1nc(-c2cc3cn(C)nc3c(F)c2OCOC)nc2ccc(N3CCN(C(=O)OC(C)(C)C)C4(CC4)C3)cc12. The van der Waals surface area contributed by atoms with E-state index >= 15 is 4.39 Å². The van der Waals surface area contributed by atoms with E-state index in [1.807, 2.05) is 43.9 Å². The molecule has 0 atom stereocenters. The van der Waals surface area contributed by atoms with E-state index in [2.05, 4.69) is 20.3 Å². The lowest BCUT2D eigenvalue weighted by Crippen LogP contribution is -2.58. The van der Waals surface area contributed by atoms with Crippen LogP contribution in [0.2, 0.25) is 0 Å². The summed E-state index contributed by atoms with van der Waals surface area (Å²) in [5.41, 5.74) is 1.12. The maximum atomic E-state index is 15.6. The summed E-state index contributed by atoms with van der Waals surface area (Å²) in [6, 6.07) is 7.37. The molecule has 1 saturated heterocycles. The first-order valence-corrected chi connectivity index (χ1v) is 14.5. The number of carbonyl (C=O) groups excluding carboxylic acids is 2. The normalized spacial score (nSPS) is 16.1. The van der Waals surface area contributed by atoms with Crippen molar-refractivity contribution in [2.45, 2.75) is 44.8 Å². The molecule has 6 rings (SSSR count). The zero-order valence-electron chi connectivity index (χ0n) is 25.7. The van der Waals surface area contributed by atoms with E-state index in [1.165, 1.54) is 18.8 Å². The molecular formula is C31H36FN7O5. The molecule has 1 saturated carbocycles. The highest BCUT2D eigenvalue weighted by atomic mass is 19.1. The van der Waals surface area contributed by atoms with E-state index in [1.54, 1.807) is 19.3 Å². The number of hydrogen-bond acceptors (Lipinski definition) is 9. The fourth-order valence-electron chi connectivity index (χ4n) is 5.75. The molecule has 2 aromatic carbocycles. The van der Waals surface area contributed by atoms with Gasteiger partial charge in [-0.15, -0.1) is 0 Å². The number of ether oxygens (including phenoxy) is 3. The summed E-state index contributed by atoms with van der Waals surface area (Å²) in [7, 11) is 4.67.